The lowest BCUT2D eigenvalue weighted by atomic mass is 10.2. The number of para-hydroxylation sites is 1. The van der Waals surface area contributed by atoms with E-state index in [9.17, 15) is 0 Å². The molecule has 0 fully saturated rings. The van der Waals surface area contributed by atoms with Gasteiger partial charge in [-0.05, 0) is 12.1 Å². The molecule has 0 aliphatic heterocycles. The van der Waals surface area contributed by atoms with Crippen LogP contribution in [0.3, 0.4) is 0 Å². The third-order valence-corrected chi connectivity index (χ3v) is 2.15. The van der Waals surface area contributed by atoms with Crippen molar-refractivity contribution in [3.8, 4) is 11.4 Å². The van der Waals surface area contributed by atoms with Gasteiger partial charge in [-0.25, -0.2) is 9.97 Å². The Morgan fingerprint density at radius 1 is 1.29 bits per heavy atom. The Bertz CT molecular complexity index is 550. The van der Waals surface area contributed by atoms with Gasteiger partial charge >= 0.3 is 0 Å². The molecule has 2 N–H and O–H groups in total. The molecule has 4 nitrogen and oxygen atoms in total. The molecular weight excluding hydrogens is 176 g/mol. The smallest absolute Gasteiger partial charge is 0.174 e. The van der Waals surface area contributed by atoms with E-state index in [1.165, 1.54) is 0 Å². The van der Waals surface area contributed by atoms with Crippen LogP contribution in [0.4, 0.5) is 0 Å². The quantitative estimate of drug-likeness (QED) is 0.603. The predicted octanol–water partition coefficient (Wildman–Crippen LogP) is 1.75. The second-order valence-corrected chi connectivity index (χ2v) is 2.99. The summed E-state index contributed by atoms with van der Waals surface area (Å²) in [7, 11) is 0. The van der Waals surface area contributed by atoms with Crippen LogP contribution >= 0.6 is 0 Å². The average Bonchev–Trinajstić information content (AvgIpc) is 2.88. The number of rotatable bonds is 1. The molecule has 0 spiro atoms. The SMILES string of the molecule is [c]1nc2c(-c3ncc[nH]3)cccc2[nH]1. The van der Waals surface area contributed by atoms with Gasteiger partial charge in [-0.2, -0.15) is 0 Å². The lowest BCUT2D eigenvalue weighted by molar-refractivity contribution is 1.30. The lowest BCUT2D eigenvalue weighted by Gasteiger charge is -1.96. The maximum Gasteiger partial charge on any atom is 0.174 e. The van der Waals surface area contributed by atoms with E-state index in [0.717, 1.165) is 22.4 Å². The van der Waals surface area contributed by atoms with Crippen molar-refractivity contribution in [3.63, 3.8) is 0 Å². The molecule has 3 rings (SSSR count). The summed E-state index contributed by atoms with van der Waals surface area (Å²) in [4.78, 5) is 14.3. The summed E-state index contributed by atoms with van der Waals surface area (Å²) in [6, 6.07) is 5.91. The molecule has 0 unspecified atom stereocenters. The minimum Gasteiger partial charge on any atom is -0.345 e. The molecule has 0 saturated heterocycles. The summed E-state index contributed by atoms with van der Waals surface area (Å²) in [5.74, 6) is 0.830. The summed E-state index contributed by atoms with van der Waals surface area (Å²) in [5.41, 5.74) is 2.85. The van der Waals surface area contributed by atoms with Gasteiger partial charge in [0.2, 0.25) is 0 Å². The third kappa shape index (κ3) is 0.939. The van der Waals surface area contributed by atoms with Gasteiger partial charge in [0.25, 0.3) is 0 Å². The van der Waals surface area contributed by atoms with Gasteiger partial charge in [0, 0.05) is 18.0 Å². The van der Waals surface area contributed by atoms with Crippen molar-refractivity contribution in [2.24, 2.45) is 0 Å². The lowest BCUT2D eigenvalue weighted by Crippen LogP contribution is -1.82. The van der Waals surface area contributed by atoms with Crippen LogP contribution in [0.15, 0.2) is 30.6 Å². The van der Waals surface area contributed by atoms with E-state index < -0.39 is 0 Å². The molecular formula is C10H7N4. The van der Waals surface area contributed by atoms with Crippen LogP contribution in [0.1, 0.15) is 0 Å². The highest BCUT2D eigenvalue weighted by Crippen LogP contribution is 2.22. The molecule has 0 atom stereocenters. The summed E-state index contributed by atoms with van der Waals surface area (Å²) in [5, 5.41) is 0. The first-order valence-corrected chi connectivity index (χ1v) is 4.30. The molecule has 3 aromatic rings. The highest BCUT2D eigenvalue weighted by atomic mass is 14.9. The topological polar surface area (TPSA) is 57.4 Å². The molecule has 1 aromatic carbocycles. The van der Waals surface area contributed by atoms with Crippen molar-refractivity contribution in [3.05, 3.63) is 36.9 Å². The second-order valence-electron chi connectivity index (χ2n) is 2.99. The molecule has 0 amide bonds. The molecule has 67 valence electrons. The van der Waals surface area contributed by atoms with E-state index in [1.807, 2.05) is 18.2 Å². The fourth-order valence-corrected chi connectivity index (χ4v) is 1.51. The minimum absolute atomic E-state index is 0.830. The first-order chi connectivity index (χ1) is 6.95. The minimum atomic E-state index is 0.830. The van der Waals surface area contributed by atoms with Crippen LogP contribution in [0.25, 0.3) is 22.4 Å². The number of benzene rings is 1. The first-order valence-electron chi connectivity index (χ1n) is 4.30. The summed E-state index contributed by atoms with van der Waals surface area (Å²) >= 11 is 0. The Hall–Kier alpha value is -2.10. The molecule has 4 heteroatoms. The standard InChI is InChI=1S/C10H7N4/c1-2-7(10-11-4-5-12-10)9-8(3-1)13-6-14-9/h1-5H,(H,11,12)(H,13,14). The second kappa shape index (κ2) is 2.70. The van der Waals surface area contributed by atoms with Crippen LogP contribution in [0.5, 0.6) is 0 Å². The van der Waals surface area contributed by atoms with Crippen molar-refractivity contribution in [1.29, 1.82) is 0 Å². The largest absolute Gasteiger partial charge is 0.345 e. The van der Waals surface area contributed by atoms with Crippen molar-refractivity contribution in [2.75, 3.05) is 0 Å². The van der Waals surface area contributed by atoms with Crippen LogP contribution in [0.2, 0.25) is 0 Å². The highest BCUT2D eigenvalue weighted by Gasteiger charge is 2.06. The zero-order valence-electron chi connectivity index (χ0n) is 7.28. The number of fused-ring (bicyclic) bond motifs is 1. The van der Waals surface area contributed by atoms with E-state index in [0.29, 0.717) is 0 Å². The van der Waals surface area contributed by atoms with Crippen LogP contribution in [0, 0.1) is 6.33 Å². The Balaban J connectivity index is 2.36. The highest BCUT2D eigenvalue weighted by molar-refractivity contribution is 5.89. The van der Waals surface area contributed by atoms with Crippen molar-refractivity contribution in [1.82, 2.24) is 19.9 Å². The Morgan fingerprint density at radius 3 is 3.14 bits per heavy atom. The van der Waals surface area contributed by atoms with E-state index in [4.69, 9.17) is 0 Å². The number of nitrogens with zero attached hydrogens (tertiary/aromatic N) is 2. The predicted molar refractivity (Wildman–Crippen MR) is 52.5 cm³/mol. The molecule has 0 aliphatic carbocycles. The maximum atomic E-state index is 4.19. The van der Waals surface area contributed by atoms with Gasteiger partial charge in [-0.1, -0.05) is 6.07 Å². The fourth-order valence-electron chi connectivity index (χ4n) is 1.51. The molecule has 14 heavy (non-hydrogen) atoms. The van der Waals surface area contributed by atoms with Gasteiger partial charge in [0.1, 0.15) is 11.3 Å². The Kier molecular flexibility index (Phi) is 1.41. The monoisotopic (exact) mass is 183 g/mol. The van der Waals surface area contributed by atoms with E-state index in [2.05, 4.69) is 26.3 Å². The number of hydrogen-bond donors (Lipinski definition) is 2. The molecule has 0 bridgehead atoms. The molecule has 0 saturated carbocycles. The number of imidazole rings is 2. The van der Waals surface area contributed by atoms with Gasteiger partial charge in [-0.3, -0.25) is 0 Å². The van der Waals surface area contributed by atoms with Crippen LogP contribution in [-0.2, 0) is 0 Å². The Labute approximate surface area is 80.0 Å². The van der Waals surface area contributed by atoms with Crippen molar-refractivity contribution in [2.45, 2.75) is 0 Å². The van der Waals surface area contributed by atoms with Crippen LogP contribution in [-0.4, -0.2) is 19.9 Å². The summed E-state index contributed by atoms with van der Waals surface area (Å²) in [6.45, 7) is 0. The van der Waals surface area contributed by atoms with Crippen LogP contribution < -0.4 is 0 Å². The van der Waals surface area contributed by atoms with Gasteiger partial charge < -0.3 is 9.97 Å². The van der Waals surface area contributed by atoms with E-state index in [1.54, 1.807) is 12.4 Å². The van der Waals surface area contributed by atoms with Gasteiger partial charge in [0.05, 0.1) is 5.52 Å². The molecule has 0 aliphatic rings. The van der Waals surface area contributed by atoms with Gasteiger partial charge in [-0.15, -0.1) is 0 Å². The van der Waals surface area contributed by atoms with E-state index >= 15 is 0 Å². The summed E-state index contributed by atoms with van der Waals surface area (Å²) in [6.07, 6.45) is 6.25. The number of H-pyrrole nitrogens is 2. The fraction of sp³-hybridized carbons (Fsp3) is 0. The normalized spacial score (nSPS) is 10.9. The first kappa shape index (κ1) is 7.32. The summed E-state index contributed by atoms with van der Waals surface area (Å²) < 4.78 is 0. The maximum absolute atomic E-state index is 4.19. The Morgan fingerprint density at radius 2 is 2.29 bits per heavy atom. The average molecular weight is 183 g/mol. The van der Waals surface area contributed by atoms with Crippen molar-refractivity contribution < 1.29 is 0 Å². The molecule has 2 aromatic heterocycles. The third-order valence-electron chi connectivity index (χ3n) is 2.15. The van der Waals surface area contributed by atoms with E-state index in [-0.39, 0.29) is 0 Å². The molecule has 1 radical (unpaired) electrons. The number of nitrogens with one attached hydrogen (secondary N) is 2. The number of hydrogen-bond acceptors (Lipinski definition) is 2. The van der Waals surface area contributed by atoms with Crippen molar-refractivity contribution >= 4 is 11.0 Å². The van der Waals surface area contributed by atoms with Gasteiger partial charge in [0.15, 0.2) is 6.33 Å². The number of aromatic nitrogens is 4. The molecule has 2 heterocycles. The zero-order chi connectivity index (χ0) is 9.38. The zero-order valence-corrected chi connectivity index (χ0v) is 7.28. The number of aromatic amines is 2.